The van der Waals surface area contributed by atoms with Crippen LogP contribution in [-0.2, 0) is 5.54 Å². The monoisotopic (exact) mass is 366 g/mol. The van der Waals surface area contributed by atoms with E-state index in [4.69, 9.17) is 0 Å². The van der Waals surface area contributed by atoms with Crippen LogP contribution in [0.25, 0.3) is 5.57 Å². The molecule has 27 heavy (non-hydrogen) atoms. The third-order valence-corrected chi connectivity index (χ3v) is 3.96. The first-order valence-electron chi connectivity index (χ1n) is 8.31. The molecule has 7 heteroatoms. The maximum Gasteiger partial charge on any atom is 0.335 e. The lowest BCUT2D eigenvalue weighted by atomic mass is 9.92. The summed E-state index contributed by atoms with van der Waals surface area (Å²) in [7, 11) is 0. The van der Waals surface area contributed by atoms with Gasteiger partial charge in [-0.2, -0.15) is 5.10 Å². The molecule has 2 amide bonds. The van der Waals surface area contributed by atoms with Crippen molar-refractivity contribution in [3.8, 4) is 0 Å². The van der Waals surface area contributed by atoms with Gasteiger partial charge in [0, 0.05) is 17.7 Å². The molecule has 0 aliphatic carbocycles. The lowest BCUT2D eigenvalue weighted by molar-refractivity contribution is -0.384. The molecule has 0 atom stereocenters. The zero-order valence-corrected chi connectivity index (χ0v) is 15.5. The van der Waals surface area contributed by atoms with E-state index in [1.54, 1.807) is 12.1 Å². The fourth-order valence-electron chi connectivity index (χ4n) is 2.44. The molecular formula is C20H22N4O3. The molecule has 0 aromatic heterocycles. The lowest BCUT2D eigenvalue weighted by Gasteiger charge is -2.27. The number of hydrogen-bond acceptors (Lipinski definition) is 4. The number of nitro groups is 1. The van der Waals surface area contributed by atoms with Gasteiger partial charge in [-0.15, -0.1) is 0 Å². The number of nitrogens with zero attached hydrogens (tertiary/aromatic N) is 2. The van der Waals surface area contributed by atoms with Crippen molar-refractivity contribution in [2.24, 2.45) is 5.10 Å². The van der Waals surface area contributed by atoms with Crippen molar-refractivity contribution in [1.29, 1.82) is 0 Å². The Balaban J connectivity index is 2.02. The Bertz CT molecular complexity index is 904. The Morgan fingerprint density at radius 3 is 2.59 bits per heavy atom. The van der Waals surface area contributed by atoms with Crippen LogP contribution in [0, 0.1) is 10.1 Å². The van der Waals surface area contributed by atoms with Gasteiger partial charge in [-0.25, -0.2) is 10.2 Å². The fraction of sp³-hybridized carbons (Fsp3) is 0.200. The number of allylic oxidation sites excluding steroid dienone is 1. The lowest BCUT2D eigenvalue weighted by Crippen LogP contribution is -2.45. The number of urea groups is 1. The second-order valence-electron chi connectivity index (χ2n) is 6.66. The van der Waals surface area contributed by atoms with Crippen molar-refractivity contribution in [1.82, 2.24) is 10.7 Å². The summed E-state index contributed by atoms with van der Waals surface area (Å²) in [5.41, 5.74) is 5.10. The predicted octanol–water partition coefficient (Wildman–Crippen LogP) is 4.20. The summed E-state index contributed by atoms with van der Waals surface area (Å²) in [6.45, 7) is 9.63. The molecular weight excluding hydrogens is 344 g/mol. The fourth-order valence-corrected chi connectivity index (χ4v) is 2.44. The van der Waals surface area contributed by atoms with Crippen LogP contribution in [0.1, 0.15) is 37.5 Å². The second-order valence-corrected chi connectivity index (χ2v) is 6.66. The zero-order valence-electron chi connectivity index (χ0n) is 15.5. The number of carbonyl (C=O) groups excluding carboxylic acids is 1. The minimum absolute atomic E-state index is 0.0399. The minimum atomic E-state index is -0.628. The van der Waals surface area contributed by atoms with Crippen LogP contribution in [-0.4, -0.2) is 17.2 Å². The molecule has 0 heterocycles. The third-order valence-electron chi connectivity index (χ3n) is 3.96. The van der Waals surface area contributed by atoms with E-state index in [1.807, 2.05) is 45.0 Å². The number of carbonyl (C=O) groups is 1. The third kappa shape index (κ3) is 5.50. The molecule has 2 N–H and O–H groups in total. The van der Waals surface area contributed by atoms with Crippen LogP contribution < -0.4 is 10.7 Å². The number of nitro benzene ring substituents is 1. The number of hydrogen-bond donors (Lipinski definition) is 2. The smallest absolute Gasteiger partial charge is 0.328 e. The summed E-state index contributed by atoms with van der Waals surface area (Å²) in [4.78, 5) is 22.4. The minimum Gasteiger partial charge on any atom is -0.328 e. The van der Waals surface area contributed by atoms with Crippen molar-refractivity contribution < 1.29 is 9.72 Å². The number of non-ortho nitro benzene ring substituents is 1. The van der Waals surface area contributed by atoms with Crippen LogP contribution >= 0.6 is 0 Å². The van der Waals surface area contributed by atoms with Crippen LogP contribution in [0.5, 0.6) is 0 Å². The van der Waals surface area contributed by atoms with Crippen molar-refractivity contribution in [2.75, 3.05) is 0 Å². The van der Waals surface area contributed by atoms with Crippen LogP contribution in [0.2, 0.25) is 0 Å². The van der Waals surface area contributed by atoms with E-state index < -0.39 is 16.5 Å². The summed E-state index contributed by atoms with van der Waals surface area (Å²) in [5, 5.41) is 17.5. The SMILES string of the molecule is C=C(C)c1cccc(C(C)(C)NC(=O)NN=Cc2cccc([N+](=O)[O-])c2)c1. The highest BCUT2D eigenvalue weighted by molar-refractivity contribution is 5.82. The quantitative estimate of drug-likeness (QED) is 0.455. The first kappa shape index (κ1) is 19.8. The average Bonchev–Trinajstić information content (AvgIpc) is 2.61. The molecule has 0 aliphatic heterocycles. The molecule has 0 saturated heterocycles. The molecule has 140 valence electrons. The normalized spacial score (nSPS) is 11.2. The Kier molecular flexibility index (Phi) is 6.07. The summed E-state index contributed by atoms with van der Waals surface area (Å²) in [6.07, 6.45) is 1.35. The standard InChI is InChI=1S/C20H22N4O3/c1-14(2)16-8-6-9-17(12-16)20(3,4)22-19(25)23-21-13-15-7-5-10-18(11-15)24(26)27/h5-13H,1H2,2-4H3,(H2,22,23,25). The molecule has 2 aromatic carbocycles. The number of benzene rings is 2. The second kappa shape index (κ2) is 8.27. The molecule has 0 spiro atoms. The molecule has 7 nitrogen and oxygen atoms in total. The molecule has 0 saturated carbocycles. The Morgan fingerprint density at radius 1 is 1.22 bits per heavy atom. The van der Waals surface area contributed by atoms with Gasteiger partial charge in [-0.3, -0.25) is 10.1 Å². The first-order valence-corrected chi connectivity index (χ1v) is 8.31. The van der Waals surface area contributed by atoms with Gasteiger partial charge < -0.3 is 5.32 Å². The molecule has 0 aliphatic rings. The molecule has 0 bridgehead atoms. The average molecular weight is 366 g/mol. The van der Waals surface area contributed by atoms with E-state index in [2.05, 4.69) is 22.4 Å². The predicted molar refractivity (Wildman–Crippen MR) is 107 cm³/mol. The molecule has 0 fully saturated rings. The summed E-state index contributed by atoms with van der Waals surface area (Å²) in [5.74, 6) is 0. The van der Waals surface area contributed by atoms with Gasteiger partial charge >= 0.3 is 6.03 Å². The van der Waals surface area contributed by atoms with Crippen LogP contribution in [0.15, 0.2) is 60.2 Å². The molecule has 2 aromatic rings. The number of hydrazone groups is 1. The molecule has 2 rings (SSSR count). The Hall–Kier alpha value is -3.48. The highest BCUT2D eigenvalue weighted by Gasteiger charge is 2.23. The molecule has 0 unspecified atom stereocenters. The zero-order chi connectivity index (χ0) is 20.0. The number of rotatable bonds is 6. The van der Waals surface area contributed by atoms with Gasteiger partial charge in [-0.05, 0) is 38.0 Å². The highest BCUT2D eigenvalue weighted by atomic mass is 16.6. The summed E-state index contributed by atoms with van der Waals surface area (Å²) < 4.78 is 0. The highest BCUT2D eigenvalue weighted by Crippen LogP contribution is 2.23. The molecule has 0 radical (unpaired) electrons. The van der Waals surface area contributed by atoms with Gasteiger partial charge in [-0.1, -0.05) is 42.5 Å². The van der Waals surface area contributed by atoms with Crippen molar-refractivity contribution in [2.45, 2.75) is 26.3 Å². The maximum absolute atomic E-state index is 12.2. The van der Waals surface area contributed by atoms with E-state index in [9.17, 15) is 14.9 Å². The van der Waals surface area contributed by atoms with Crippen LogP contribution in [0.4, 0.5) is 10.5 Å². The Labute approximate surface area is 157 Å². The van der Waals surface area contributed by atoms with E-state index in [-0.39, 0.29) is 5.69 Å². The van der Waals surface area contributed by atoms with Crippen molar-refractivity contribution in [3.63, 3.8) is 0 Å². The maximum atomic E-state index is 12.2. The Morgan fingerprint density at radius 2 is 1.93 bits per heavy atom. The van der Waals surface area contributed by atoms with Gasteiger partial charge in [0.1, 0.15) is 0 Å². The van der Waals surface area contributed by atoms with Gasteiger partial charge in [0.25, 0.3) is 5.69 Å². The van der Waals surface area contributed by atoms with E-state index in [0.29, 0.717) is 5.56 Å². The van der Waals surface area contributed by atoms with E-state index >= 15 is 0 Å². The van der Waals surface area contributed by atoms with E-state index in [1.165, 1.54) is 18.3 Å². The number of amides is 2. The van der Waals surface area contributed by atoms with Gasteiger partial charge in [0.15, 0.2) is 0 Å². The largest absolute Gasteiger partial charge is 0.335 e. The van der Waals surface area contributed by atoms with Crippen LogP contribution in [0.3, 0.4) is 0 Å². The summed E-state index contributed by atoms with van der Waals surface area (Å²) >= 11 is 0. The van der Waals surface area contributed by atoms with Crippen molar-refractivity contribution in [3.05, 3.63) is 81.9 Å². The van der Waals surface area contributed by atoms with Gasteiger partial charge in [0.2, 0.25) is 0 Å². The summed E-state index contributed by atoms with van der Waals surface area (Å²) in [6, 6.07) is 13.3. The number of nitrogens with one attached hydrogen (secondary N) is 2. The first-order chi connectivity index (χ1) is 12.7. The topological polar surface area (TPSA) is 96.6 Å². The van der Waals surface area contributed by atoms with E-state index in [0.717, 1.165) is 16.7 Å². The van der Waals surface area contributed by atoms with Gasteiger partial charge in [0.05, 0.1) is 16.7 Å². The van der Waals surface area contributed by atoms with Crippen molar-refractivity contribution >= 4 is 23.5 Å².